The molecule has 5 aromatic rings. The van der Waals surface area contributed by atoms with Crippen LogP contribution in [0.15, 0.2) is 47.7 Å². The molecule has 5 aliphatic heterocycles. The van der Waals surface area contributed by atoms with Crippen LogP contribution in [0, 0.1) is 0 Å². The standard InChI is InChI=1S/C45H54F2N12O5/c1-53-40-32(3-2-4-35(40)59(45(53)63)36-9-10-38(60)51-44(36)62)26-11-16-54(17-12-26)28-13-18-55(19-14-28)27-5-7-29(8-6-27)58-24-34(39(52-58)41(46)47)49-43(61)33-22-48-57-20-15-37(50-42(33)57)56-23-31-21-30(56)25-64-31/h2-4,15,20,22,24,26-31,36,41H,5-14,16-19,21,23,25H2,1H3,(H,49,61)(H,51,60,62)/t27?,29?,30-,31-,36?/m1/s1. The van der Waals surface area contributed by atoms with Crippen LogP contribution in [0.3, 0.4) is 0 Å². The number of piperidine rings is 3. The van der Waals surface area contributed by atoms with Gasteiger partial charge in [-0.15, -0.1) is 0 Å². The molecule has 0 spiro atoms. The monoisotopic (exact) mass is 880 g/mol. The quantitative estimate of drug-likeness (QED) is 0.199. The number of anilines is 2. The van der Waals surface area contributed by atoms with Crippen molar-refractivity contribution in [3.8, 4) is 0 Å². The molecule has 6 aliphatic rings. The molecule has 0 radical (unpaired) electrons. The molecule has 64 heavy (non-hydrogen) atoms. The number of carbonyl (C=O) groups is 3. The summed E-state index contributed by atoms with van der Waals surface area (Å²) in [4.78, 5) is 63.9. The lowest BCUT2D eigenvalue weighted by molar-refractivity contribution is -0.135. The minimum Gasteiger partial charge on any atom is -0.374 e. The molecule has 2 N–H and O–H groups in total. The molecule has 1 saturated carbocycles. The molecule has 11 rings (SSSR count). The molecule has 6 fully saturated rings. The number of carbonyl (C=O) groups excluding carboxylic acids is 3. The number of rotatable bonds is 9. The van der Waals surface area contributed by atoms with E-state index in [1.165, 1.54) is 10.7 Å². The number of nitrogens with zero attached hydrogens (tertiary/aromatic N) is 10. The van der Waals surface area contributed by atoms with Crippen LogP contribution in [0.25, 0.3) is 16.7 Å². The van der Waals surface area contributed by atoms with Crippen molar-refractivity contribution in [2.75, 3.05) is 49.5 Å². The van der Waals surface area contributed by atoms with Gasteiger partial charge < -0.3 is 24.8 Å². The number of para-hydroxylation sites is 1. The van der Waals surface area contributed by atoms with Gasteiger partial charge in [0, 0.05) is 44.5 Å². The number of morpholine rings is 1. The number of aromatic nitrogens is 7. The number of likely N-dealkylation sites (tertiary alicyclic amines) is 2. The zero-order chi connectivity index (χ0) is 43.8. The molecule has 2 bridgehead atoms. The summed E-state index contributed by atoms with van der Waals surface area (Å²) in [7, 11) is 1.77. The van der Waals surface area contributed by atoms with Crippen molar-refractivity contribution in [1.82, 2.24) is 48.6 Å². The second kappa shape index (κ2) is 16.5. The molecule has 9 heterocycles. The fraction of sp³-hybridized carbons (Fsp3) is 0.578. The minimum atomic E-state index is -2.86. The Labute approximate surface area is 367 Å². The average Bonchev–Trinajstić information content (AvgIpc) is 4.17. The third-order valence-corrected chi connectivity index (χ3v) is 15.2. The summed E-state index contributed by atoms with van der Waals surface area (Å²) in [5, 5.41) is 13.7. The maximum absolute atomic E-state index is 14.4. The summed E-state index contributed by atoms with van der Waals surface area (Å²) in [5.41, 5.74) is 2.65. The topological polar surface area (TPSA) is 169 Å². The Kier molecular flexibility index (Phi) is 10.6. The lowest BCUT2D eigenvalue weighted by Crippen LogP contribution is -2.50. The van der Waals surface area contributed by atoms with Crippen molar-refractivity contribution in [2.24, 2.45) is 7.05 Å². The van der Waals surface area contributed by atoms with E-state index in [0.29, 0.717) is 36.7 Å². The van der Waals surface area contributed by atoms with Gasteiger partial charge in [-0.1, -0.05) is 12.1 Å². The molecule has 1 aromatic carbocycles. The van der Waals surface area contributed by atoms with Crippen LogP contribution in [-0.2, 0) is 21.4 Å². The molecule has 17 nitrogen and oxygen atoms in total. The highest BCUT2D eigenvalue weighted by Crippen LogP contribution is 2.38. The van der Waals surface area contributed by atoms with Gasteiger partial charge in [-0.2, -0.15) is 10.2 Å². The Balaban J connectivity index is 0.682. The summed E-state index contributed by atoms with van der Waals surface area (Å²) in [6.07, 6.45) is 11.2. The molecule has 4 aromatic heterocycles. The smallest absolute Gasteiger partial charge is 0.329 e. The molecule has 338 valence electrons. The van der Waals surface area contributed by atoms with E-state index in [4.69, 9.17) is 9.72 Å². The van der Waals surface area contributed by atoms with E-state index in [1.54, 1.807) is 33.3 Å². The molecule has 1 aliphatic carbocycles. The van der Waals surface area contributed by atoms with Gasteiger partial charge in [-0.3, -0.25) is 33.5 Å². The number of ether oxygens (including phenoxy) is 1. The van der Waals surface area contributed by atoms with E-state index in [0.717, 1.165) is 113 Å². The first-order valence-electron chi connectivity index (χ1n) is 23.0. The van der Waals surface area contributed by atoms with Gasteiger partial charge in [0.25, 0.3) is 12.3 Å². The predicted molar refractivity (Wildman–Crippen MR) is 232 cm³/mol. The van der Waals surface area contributed by atoms with Crippen molar-refractivity contribution < 1.29 is 27.9 Å². The van der Waals surface area contributed by atoms with Gasteiger partial charge in [0.05, 0.1) is 47.7 Å². The van der Waals surface area contributed by atoms with Crippen molar-refractivity contribution in [3.05, 3.63) is 70.2 Å². The van der Waals surface area contributed by atoms with Crippen LogP contribution in [0.5, 0.6) is 0 Å². The first-order chi connectivity index (χ1) is 31.1. The summed E-state index contributed by atoms with van der Waals surface area (Å²) in [6.45, 7) is 5.40. The second-order valence-electron chi connectivity index (χ2n) is 18.7. The van der Waals surface area contributed by atoms with E-state index < -0.39 is 30.0 Å². The summed E-state index contributed by atoms with van der Waals surface area (Å²) in [5.74, 6) is -0.250. The summed E-state index contributed by atoms with van der Waals surface area (Å²) < 4.78 is 40.9. The van der Waals surface area contributed by atoms with Crippen LogP contribution >= 0.6 is 0 Å². The van der Waals surface area contributed by atoms with Gasteiger partial charge in [-0.05, 0) is 114 Å². The summed E-state index contributed by atoms with van der Waals surface area (Å²) in [6, 6.07) is 8.33. The number of fused-ring (bicyclic) bond motifs is 4. The third-order valence-electron chi connectivity index (χ3n) is 15.2. The number of imidazole rings is 1. The number of hydrogen-bond acceptors (Lipinski definition) is 11. The molecular formula is C45H54F2N12O5. The largest absolute Gasteiger partial charge is 0.374 e. The zero-order valence-electron chi connectivity index (χ0n) is 36.0. The highest BCUT2D eigenvalue weighted by molar-refractivity contribution is 6.08. The maximum Gasteiger partial charge on any atom is 0.329 e. The third kappa shape index (κ3) is 7.28. The molecule has 3 amide bonds. The van der Waals surface area contributed by atoms with Crippen LogP contribution in [0.1, 0.15) is 117 Å². The van der Waals surface area contributed by atoms with Crippen molar-refractivity contribution in [3.63, 3.8) is 0 Å². The van der Waals surface area contributed by atoms with Gasteiger partial charge in [0.15, 0.2) is 11.3 Å². The van der Waals surface area contributed by atoms with Crippen LogP contribution < -0.4 is 21.2 Å². The van der Waals surface area contributed by atoms with Crippen LogP contribution in [-0.4, -0.2) is 125 Å². The number of hydrogen-bond donors (Lipinski definition) is 2. The first-order valence-corrected chi connectivity index (χ1v) is 23.0. The van der Waals surface area contributed by atoms with E-state index in [9.17, 15) is 28.0 Å². The molecule has 1 unspecified atom stereocenters. The van der Waals surface area contributed by atoms with Gasteiger partial charge in [-0.25, -0.2) is 23.1 Å². The Hall–Kier alpha value is -5.53. The van der Waals surface area contributed by atoms with Crippen molar-refractivity contribution in [2.45, 2.75) is 119 Å². The van der Waals surface area contributed by atoms with E-state index in [1.807, 2.05) is 18.2 Å². The minimum absolute atomic E-state index is 0.00396. The van der Waals surface area contributed by atoms with Crippen LogP contribution in [0.2, 0.25) is 0 Å². The number of nitrogens with one attached hydrogen (secondary N) is 2. The normalized spacial score (nSPS) is 26.5. The number of alkyl halides is 2. The SMILES string of the molecule is Cn1c(=O)n(C2CCC(=O)NC2=O)c2cccc(C3CCN(C4CCN(C5CCC(n6cc(NC(=O)c7cnn8ccc(N9C[C@H]%10C[C@@H]9CO%10)nc78)c(C(F)F)n6)CC5)CC4)CC3)c21. The Bertz CT molecular complexity index is 2670. The Morgan fingerprint density at radius 2 is 1.64 bits per heavy atom. The maximum atomic E-state index is 14.4. The highest BCUT2D eigenvalue weighted by Gasteiger charge is 2.40. The van der Waals surface area contributed by atoms with Crippen molar-refractivity contribution >= 4 is 45.9 Å². The number of imide groups is 1. The molecule has 3 atom stereocenters. The predicted octanol–water partition coefficient (Wildman–Crippen LogP) is 4.55. The lowest BCUT2D eigenvalue weighted by Gasteiger charge is -2.45. The Morgan fingerprint density at radius 1 is 0.906 bits per heavy atom. The second-order valence-corrected chi connectivity index (χ2v) is 18.7. The van der Waals surface area contributed by atoms with Gasteiger partial charge in [0.1, 0.15) is 17.4 Å². The number of amides is 3. The highest BCUT2D eigenvalue weighted by atomic mass is 19.3. The van der Waals surface area contributed by atoms with E-state index in [-0.39, 0.29) is 47.5 Å². The van der Waals surface area contributed by atoms with Crippen LogP contribution in [0.4, 0.5) is 20.3 Å². The zero-order valence-corrected chi connectivity index (χ0v) is 36.0. The van der Waals surface area contributed by atoms with E-state index in [2.05, 4.69) is 41.6 Å². The molecular weight excluding hydrogens is 827 g/mol. The Morgan fingerprint density at radius 3 is 2.34 bits per heavy atom. The van der Waals surface area contributed by atoms with E-state index >= 15 is 0 Å². The molecule has 19 heteroatoms. The van der Waals surface area contributed by atoms with Gasteiger partial charge >= 0.3 is 5.69 Å². The number of halogens is 2. The van der Waals surface area contributed by atoms with Gasteiger partial charge in [0.2, 0.25) is 11.8 Å². The average molecular weight is 881 g/mol. The lowest BCUT2D eigenvalue weighted by atomic mass is 9.86. The first kappa shape index (κ1) is 41.2. The fourth-order valence-electron chi connectivity index (χ4n) is 11.8. The summed E-state index contributed by atoms with van der Waals surface area (Å²) >= 11 is 0. The molecule has 5 saturated heterocycles. The number of benzene rings is 1. The number of aryl methyl sites for hydroxylation is 1. The van der Waals surface area contributed by atoms with Crippen molar-refractivity contribution in [1.29, 1.82) is 0 Å². The fourth-order valence-corrected chi connectivity index (χ4v) is 11.8.